The zero-order chi connectivity index (χ0) is 18.9. The van der Waals surface area contributed by atoms with E-state index in [0.717, 1.165) is 18.5 Å². The van der Waals surface area contributed by atoms with Gasteiger partial charge < -0.3 is 10.2 Å². The molecule has 0 bridgehead atoms. The molecule has 0 heterocycles. The standard InChI is InChI=1S/C25H36N2.ClH/c1-27(2)25(22-14-7-4-8-15-22)23-16-18-24(19-17-23)26-20-10-9-13-21-11-5-3-6-12-21;/h3-8,11-12,14-15,23-26H,9-10,13,16-20H2,1-2H3;1H. The van der Waals surface area contributed by atoms with Crippen LogP contribution < -0.4 is 5.32 Å². The van der Waals surface area contributed by atoms with Crippen LogP contribution in [0.15, 0.2) is 60.7 Å². The molecule has 2 aromatic carbocycles. The lowest BCUT2D eigenvalue weighted by Gasteiger charge is -2.38. The summed E-state index contributed by atoms with van der Waals surface area (Å²) in [6.07, 6.45) is 9.07. The topological polar surface area (TPSA) is 15.3 Å². The van der Waals surface area contributed by atoms with Gasteiger partial charge in [0, 0.05) is 12.1 Å². The molecule has 28 heavy (non-hydrogen) atoms. The predicted molar refractivity (Wildman–Crippen MR) is 123 cm³/mol. The molecule has 3 heteroatoms. The molecule has 1 aliphatic rings. The average Bonchev–Trinajstić information content (AvgIpc) is 2.70. The Hall–Kier alpha value is -1.35. The van der Waals surface area contributed by atoms with Crippen LogP contribution in [-0.2, 0) is 6.42 Å². The highest BCUT2D eigenvalue weighted by molar-refractivity contribution is 5.85. The third-order valence-electron chi connectivity index (χ3n) is 6.08. The second-order valence-corrected chi connectivity index (χ2v) is 8.33. The van der Waals surface area contributed by atoms with Crippen molar-refractivity contribution in [3.05, 3.63) is 71.8 Å². The second-order valence-electron chi connectivity index (χ2n) is 8.33. The first-order valence-electron chi connectivity index (χ1n) is 10.7. The lowest BCUT2D eigenvalue weighted by molar-refractivity contribution is 0.157. The number of unbranched alkanes of at least 4 members (excludes halogenated alkanes) is 1. The summed E-state index contributed by atoms with van der Waals surface area (Å²) in [6, 6.07) is 23.2. The van der Waals surface area contributed by atoms with Crippen molar-refractivity contribution in [2.75, 3.05) is 20.6 Å². The zero-order valence-corrected chi connectivity index (χ0v) is 18.3. The minimum absolute atomic E-state index is 0. The lowest BCUT2D eigenvalue weighted by atomic mass is 9.78. The van der Waals surface area contributed by atoms with Gasteiger partial charge in [-0.05, 0) is 82.6 Å². The number of rotatable bonds is 9. The first kappa shape index (κ1) is 22.9. The molecule has 1 N–H and O–H groups in total. The van der Waals surface area contributed by atoms with E-state index >= 15 is 0 Å². The van der Waals surface area contributed by atoms with Crippen LogP contribution in [0, 0.1) is 5.92 Å². The summed E-state index contributed by atoms with van der Waals surface area (Å²) < 4.78 is 0. The van der Waals surface area contributed by atoms with Gasteiger partial charge in [0.05, 0.1) is 0 Å². The monoisotopic (exact) mass is 400 g/mol. The first-order valence-corrected chi connectivity index (χ1v) is 10.7. The largest absolute Gasteiger partial charge is 0.314 e. The molecule has 2 aromatic rings. The van der Waals surface area contributed by atoms with Gasteiger partial charge in [0.15, 0.2) is 0 Å². The molecule has 0 saturated heterocycles. The van der Waals surface area contributed by atoms with Crippen molar-refractivity contribution >= 4 is 12.4 Å². The highest BCUT2D eigenvalue weighted by atomic mass is 35.5. The molecule has 2 nitrogen and oxygen atoms in total. The van der Waals surface area contributed by atoms with Gasteiger partial charge in [-0.2, -0.15) is 0 Å². The van der Waals surface area contributed by atoms with E-state index in [1.54, 1.807) is 0 Å². The number of nitrogens with one attached hydrogen (secondary N) is 1. The molecule has 0 radical (unpaired) electrons. The van der Waals surface area contributed by atoms with Crippen molar-refractivity contribution in [3.8, 4) is 0 Å². The molecule has 1 atom stereocenters. The Morgan fingerprint density at radius 1 is 0.857 bits per heavy atom. The highest BCUT2D eigenvalue weighted by Gasteiger charge is 2.29. The van der Waals surface area contributed by atoms with E-state index in [0.29, 0.717) is 6.04 Å². The number of benzene rings is 2. The average molecular weight is 401 g/mol. The summed E-state index contributed by atoms with van der Waals surface area (Å²) in [7, 11) is 4.46. The Labute approximate surface area is 178 Å². The maximum atomic E-state index is 3.82. The fourth-order valence-corrected chi connectivity index (χ4v) is 4.69. The Bertz CT molecular complexity index is 636. The minimum Gasteiger partial charge on any atom is -0.314 e. The minimum atomic E-state index is 0. The van der Waals surface area contributed by atoms with E-state index in [1.807, 2.05) is 0 Å². The van der Waals surface area contributed by atoms with Crippen molar-refractivity contribution in [1.82, 2.24) is 10.2 Å². The molecule has 1 saturated carbocycles. The van der Waals surface area contributed by atoms with Gasteiger partial charge in [-0.1, -0.05) is 60.7 Å². The SMILES string of the molecule is CN(C)C(c1ccccc1)C1CCC(NCCCCc2ccccc2)CC1.Cl. The van der Waals surface area contributed by atoms with Crippen molar-refractivity contribution in [2.24, 2.45) is 5.92 Å². The van der Waals surface area contributed by atoms with Crippen LogP contribution in [0.2, 0.25) is 0 Å². The summed E-state index contributed by atoms with van der Waals surface area (Å²) in [6.45, 7) is 1.16. The molecule has 0 spiro atoms. The Morgan fingerprint density at radius 3 is 2.07 bits per heavy atom. The van der Waals surface area contributed by atoms with Crippen LogP contribution >= 0.6 is 12.4 Å². The quantitative estimate of drug-likeness (QED) is 0.528. The van der Waals surface area contributed by atoms with Crippen LogP contribution in [-0.4, -0.2) is 31.6 Å². The smallest absolute Gasteiger partial charge is 0.0370 e. The summed E-state index contributed by atoms with van der Waals surface area (Å²) >= 11 is 0. The number of nitrogens with zero attached hydrogens (tertiary/aromatic N) is 1. The molecule has 154 valence electrons. The van der Waals surface area contributed by atoms with Gasteiger partial charge >= 0.3 is 0 Å². The maximum Gasteiger partial charge on any atom is 0.0370 e. The van der Waals surface area contributed by atoms with Crippen molar-refractivity contribution in [2.45, 2.75) is 57.0 Å². The molecular formula is C25H37ClN2. The zero-order valence-electron chi connectivity index (χ0n) is 17.5. The summed E-state index contributed by atoms with van der Waals surface area (Å²) in [5, 5.41) is 3.82. The number of halogens is 1. The molecule has 0 aromatic heterocycles. The molecular weight excluding hydrogens is 364 g/mol. The van der Waals surface area contributed by atoms with Crippen molar-refractivity contribution < 1.29 is 0 Å². The second kappa shape index (κ2) is 12.3. The van der Waals surface area contributed by atoms with Crippen LogP contribution in [0.4, 0.5) is 0 Å². The van der Waals surface area contributed by atoms with Crippen LogP contribution in [0.5, 0.6) is 0 Å². The van der Waals surface area contributed by atoms with Crippen LogP contribution in [0.25, 0.3) is 0 Å². The van der Waals surface area contributed by atoms with Crippen molar-refractivity contribution in [3.63, 3.8) is 0 Å². The van der Waals surface area contributed by atoms with Gasteiger partial charge in [-0.15, -0.1) is 12.4 Å². The van der Waals surface area contributed by atoms with Crippen LogP contribution in [0.3, 0.4) is 0 Å². The number of aryl methyl sites for hydroxylation is 1. The van der Waals surface area contributed by atoms with Gasteiger partial charge in [0.2, 0.25) is 0 Å². The lowest BCUT2D eigenvalue weighted by Crippen LogP contribution is -2.37. The van der Waals surface area contributed by atoms with E-state index in [2.05, 4.69) is 85.0 Å². The predicted octanol–water partition coefficient (Wildman–Crippen LogP) is 5.88. The maximum absolute atomic E-state index is 3.82. The van der Waals surface area contributed by atoms with E-state index in [-0.39, 0.29) is 12.4 Å². The summed E-state index contributed by atoms with van der Waals surface area (Å²) in [5.74, 6) is 0.776. The molecule has 0 aliphatic heterocycles. The summed E-state index contributed by atoms with van der Waals surface area (Å²) in [4.78, 5) is 2.41. The molecule has 1 aliphatic carbocycles. The number of hydrogen-bond acceptors (Lipinski definition) is 2. The van der Waals surface area contributed by atoms with Crippen LogP contribution in [0.1, 0.15) is 55.7 Å². The molecule has 1 unspecified atom stereocenters. The van der Waals surface area contributed by atoms with E-state index in [4.69, 9.17) is 0 Å². The fraction of sp³-hybridized carbons (Fsp3) is 0.520. The van der Waals surface area contributed by atoms with Gasteiger partial charge in [0.25, 0.3) is 0 Å². The molecule has 3 rings (SSSR count). The van der Waals surface area contributed by atoms with Gasteiger partial charge in [-0.3, -0.25) is 0 Å². The van der Waals surface area contributed by atoms with E-state index in [9.17, 15) is 0 Å². The Balaban J connectivity index is 0.00000280. The normalized spacial score (nSPS) is 20.5. The summed E-state index contributed by atoms with van der Waals surface area (Å²) in [5.41, 5.74) is 2.94. The number of hydrogen-bond donors (Lipinski definition) is 1. The third-order valence-corrected chi connectivity index (χ3v) is 6.08. The highest BCUT2D eigenvalue weighted by Crippen LogP contribution is 2.37. The third kappa shape index (κ3) is 6.92. The first-order chi connectivity index (χ1) is 13.2. The Morgan fingerprint density at radius 2 is 1.46 bits per heavy atom. The van der Waals surface area contributed by atoms with E-state index in [1.165, 1.54) is 56.1 Å². The van der Waals surface area contributed by atoms with Crippen molar-refractivity contribution in [1.29, 1.82) is 0 Å². The van der Waals surface area contributed by atoms with Gasteiger partial charge in [-0.25, -0.2) is 0 Å². The fourth-order valence-electron chi connectivity index (χ4n) is 4.69. The molecule has 0 amide bonds. The molecule has 1 fully saturated rings. The van der Waals surface area contributed by atoms with E-state index < -0.39 is 0 Å². The Kier molecular flexibility index (Phi) is 10.0. The van der Waals surface area contributed by atoms with Gasteiger partial charge in [0.1, 0.15) is 0 Å².